The zero-order valence-electron chi connectivity index (χ0n) is 12.6. The lowest BCUT2D eigenvalue weighted by atomic mass is 9.47. The third kappa shape index (κ3) is 1.77. The highest BCUT2D eigenvalue weighted by molar-refractivity contribution is 5.11. The van der Waals surface area contributed by atoms with E-state index in [9.17, 15) is 0 Å². The average Bonchev–Trinajstić information content (AvgIpc) is 2.85. The molecule has 4 nitrogen and oxygen atoms in total. The lowest BCUT2D eigenvalue weighted by Crippen LogP contribution is -2.51. The summed E-state index contributed by atoms with van der Waals surface area (Å²) in [5, 5.41) is 8.51. The molecule has 0 spiro atoms. The van der Waals surface area contributed by atoms with Crippen molar-refractivity contribution in [3.05, 3.63) is 12.2 Å². The quantitative estimate of drug-likeness (QED) is 0.921. The van der Waals surface area contributed by atoms with Gasteiger partial charge >= 0.3 is 0 Å². The molecule has 4 saturated carbocycles. The Bertz CT molecular complexity index is 469. The fraction of sp³-hybridized carbons (Fsp3) is 0.875. The van der Waals surface area contributed by atoms with Crippen LogP contribution >= 0.6 is 0 Å². The van der Waals surface area contributed by atoms with Crippen molar-refractivity contribution in [2.75, 3.05) is 0 Å². The SMILES string of the molecule is CC(C)n1cnnc1C(N)C12CC3CC(CC(C3)C1)C2. The van der Waals surface area contributed by atoms with Gasteiger partial charge in [-0.2, -0.15) is 0 Å². The first-order valence-corrected chi connectivity index (χ1v) is 8.22. The molecular weight excluding hydrogens is 248 g/mol. The Labute approximate surface area is 121 Å². The van der Waals surface area contributed by atoms with Crippen molar-refractivity contribution >= 4 is 0 Å². The summed E-state index contributed by atoms with van der Waals surface area (Å²) in [7, 11) is 0. The van der Waals surface area contributed by atoms with Crippen molar-refractivity contribution in [3.63, 3.8) is 0 Å². The first-order valence-electron chi connectivity index (χ1n) is 8.22. The molecule has 1 aromatic rings. The van der Waals surface area contributed by atoms with Crippen LogP contribution in [0.15, 0.2) is 6.33 Å². The van der Waals surface area contributed by atoms with Crippen LogP contribution in [0, 0.1) is 23.2 Å². The van der Waals surface area contributed by atoms with E-state index in [1.807, 2.05) is 6.33 Å². The van der Waals surface area contributed by atoms with E-state index in [2.05, 4.69) is 28.6 Å². The van der Waals surface area contributed by atoms with Crippen molar-refractivity contribution < 1.29 is 0 Å². The highest BCUT2D eigenvalue weighted by Gasteiger charge is 2.54. The molecule has 4 fully saturated rings. The summed E-state index contributed by atoms with van der Waals surface area (Å²) >= 11 is 0. The molecule has 2 N–H and O–H groups in total. The van der Waals surface area contributed by atoms with Crippen molar-refractivity contribution in [1.29, 1.82) is 0 Å². The van der Waals surface area contributed by atoms with Crippen LogP contribution in [-0.2, 0) is 0 Å². The van der Waals surface area contributed by atoms with Gasteiger partial charge in [-0.25, -0.2) is 0 Å². The van der Waals surface area contributed by atoms with Gasteiger partial charge in [0.05, 0.1) is 6.04 Å². The van der Waals surface area contributed by atoms with Gasteiger partial charge in [-0.3, -0.25) is 0 Å². The average molecular weight is 274 g/mol. The molecule has 20 heavy (non-hydrogen) atoms. The number of hydrogen-bond donors (Lipinski definition) is 1. The zero-order valence-corrected chi connectivity index (χ0v) is 12.6. The highest BCUT2D eigenvalue weighted by atomic mass is 15.3. The van der Waals surface area contributed by atoms with Crippen LogP contribution in [0.4, 0.5) is 0 Å². The van der Waals surface area contributed by atoms with Crippen molar-refractivity contribution in [3.8, 4) is 0 Å². The summed E-state index contributed by atoms with van der Waals surface area (Å²) in [5.41, 5.74) is 7.07. The summed E-state index contributed by atoms with van der Waals surface area (Å²) in [6, 6.07) is 0.459. The van der Waals surface area contributed by atoms with Gasteiger partial charge in [0.15, 0.2) is 5.82 Å². The van der Waals surface area contributed by atoms with E-state index in [4.69, 9.17) is 5.73 Å². The Hall–Kier alpha value is -0.900. The topological polar surface area (TPSA) is 56.7 Å². The van der Waals surface area contributed by atoms with E-state index in [0.717, 1.165) is 23.6 Å². The van der Waals surface area contributed by atoms with E-state index in [0.29, 0.717) is 11.5 Å². The number of nitrogens with two attached hydrogens (primary N) is 1. The van der Waals surface area contributed by atoms with Gasteiger partial charge < -0.3 is 10.3 Å². The van der Waals surface area contributed by atoms with Crippen LogP contribution in [0.25, 0.3) is 0 Å². The summed E-state index contributed by atoms with van der Waals surface area (Å²) in [6.07, 6.45) is 10.2. The molecule has 110 valence electrons. The fourth-order valence-electron chi connectivity index (χ4n) is 5.70. The second-order valence-electron chi connectivity index (χ2n) is 7.95. The first kappa shape index (κ1) is 12.8. The third-order valence-electron chi connectivity index (χ3n) is 6.18. The Morgan fingerprint density at radius 2 is 1.70 bits per heavy atom. The molecule has 0 amide bonds. The van der Waals surface area contributed by atoms with E-state index >= 15 is 0 Å². The molecule has 0 saturated heterocycles. The van der Waals surface area contributed by atoms with Crippen LogP contribution in [0.3, 0.4) is 0 Å². The molecule has 4 bridgehead atoms. The molecule has 0 aliphatic heterocycles. The minimum atomic E-state index is 0.0702. The Balaban J connectivity index is 1.68. The lowest BCUT2D eigenvalue weighted by Gasteiger charge is -2.58. The molecule has 1 unspecified atom stereocenters. The van der Waals surface area contributed by atoms with Gasteiger partial charge in [-0.1, -0.05) is 0 Å². The molecule has 0 radical (unpaired) electrons. The standard InChI is InChI=1S/C16H26N4/c1-10(2)20-9-18-19-15(20)14(17)16-6-11-3-12(7-16)5-13(4-11)8-16/h9-14H,3-8,17H2,1-2H3. The molecule has 1 aromatic heterocycles. The molecule has 4 aliphatic carbocycles. The van der Waals surface area contributed by atoms with Crippen LogP contribution < -0.4 is 5.73 Å². The summed E-state index contributed by atoms with van der Waals surface area (Å²) in [5.74, 6) is 3.81. The van der Waals surface area contributed by atoms with Gasteiger partial charge in [0, 0.05) is 6.04 Å². The molecule has 4 aliphatic rings. The fourth-order valence-corrected chi connectivity index (χ4v) is 5.70. The summed E-state index contributed by atoms with van der Waals surface area (Å²) < 4.78 is 2.17. The van der Waals surface area contributed by atoms with Crippen molar-refractivity contribution in [2.45, 2.75) is 64.5 Å². The van der Waals surface area contributed by atoms with E-state index in [1.165, 1.54) is 38.5 Å². The molecule has 1 heterocycles. The van der Waals surface area contributed by atoms with E-state index < -0.39 is 0 Å². The number of hydrogen-bond acceptors (Lipinski definition) is 3. The maximum atomic E-state index is 6.75. The van der Waals surface area contributed by atoms with Crippen molar-refractivity contribution in [2.24, 2.45) is 28.9 Å². The van der Waals surface area contributed by atoms with Crippen LogP contribution in [0.1, 0.15) is 70.3 Å². The van der Waals surface area contributed by atoms with Gasteiger partial charge in [-0.15, -0.1) is 10.2 Å². The van der Waals surface area contributed by atoms with Crippen LogP contribution in [0.2, 0.25) is 0 Å². The first-order chi connectivity index (χ1) is 9.57. The maximum absolute atomic E-state index is 6.75. The predicted molar refractivity (Wildman–Crippen MR) is 77.9 cm³/mol. The predicted octanol–water partition coefficient (Wildman–Crippen LogP) is 3.08. The van der Waals surface area contributed by atoms with E-state index in [1.54, 1.807) is 0 Å². The Morgan fingerprint density at radius 1 is 1.15 bits per heavy atom. The Morgan fingerprint density at radius 3 is 2.20 bits per heavy atom. The molecule has 4 heteroatoms. The normalized spacial score (nSPS) is 40.5. The number of aromatic nitrogens is 3. The largest absolute Gasteiger partial charge is 0.321 e. The molecule has 5 rings (SSSR count). The van der Waals surface area contributed by atoms with Gasteiger partial charge in [-0.05, 0) is 75.5 Å². The Kier molecular flexibility index (Phi) is 2.75. The van der Waals surface area contributed by atoms with Crippen LogP contribution in [-0.4, -0.2) is 14.8 Å². The molecule has 0 aromatic carbocycles. The third-order valence-corrected chi connectivity index (χ3v) is 6.18. The van der Waals surface area contributed by atoms with Crippen molar-refractivity contribution in [1.82, 2.24) is 14.8 Å². The second kappa shape index (κ2) is 4.30. The van der Waals surface area contributed by atoms with Gasteiger partial charge in [0.25, 0.3) is 0 Å². The zero-order chi connectivity index (χ0) is 13.9. The summed E-state index contributed by atoms with van der Waals surface area (Å²) in [6.45, 7) is 4.36. The molecular formula is C16H26N4. The van der Waals surface area contributed by atoms with Crippen LogP contribution in [0.5, 0.6) is 0 Å². The number of rotatable bonds is 3. The van der Waals surface area contributed by atoms with E-state index in [-0.39, 0.29) is 6.04 Å². The minimum absolute atomic E-state index is 0.0702. The maximum Gasteiger partial charge on any atom is 0.150 e. The molecule has 1 atom stereocenters. The van der Waals surface area contributed by atoms with Gasteiger partial charge in [0.1, 0.15) is 6.33 Å². The highest BCUT2D eigenvalue weighted by Crippen LogP contribution is 2.63. The lowest BCUT2D eigenvalue weighted by molar-refractivity contribution is -0.0698. The second-order valence-corrected chi connectivity index (χ2v) is 7.95. The number of nitrogens with zero attached hydrogens (tertiary/aromatic N) is 3. The minimum Gasteiger partial charge on any atom is -0.321 e. The smallest absolute Gasteiger partial charge is 0.150 e. The monoisotopic (exact) mass is 274 g/mol. The van der Waals surface area contributed by atoms with Gasteiger partial charge in [0.2, 0.25) is 0 Å². The summed E-state index contributed by atoms with van der Waals surface area (Å²) in [4.78, 5) is 0.